The van der Waals surface area contributed by atoms with Crippen LogP contribution in [0.25, 0.3) is 22.3 Å². The number of nitriles is 1. The van der Waals surface area contributed by atoms with Crippen molar-refractivity contribution < 1.29 is 4.79 Å². The fourth-order valence-corrected chi connectivity index (χ4v) is 3.82. The fraction of sp³-hybridized carbons (Fsp3) is 0.190. The van der Waals surface area contributed by atoms with Gasteiger partial charge in [0.05, 0.1) is 37.5 Å². The number of hydrogen-bond donors (Lipinski definition) is 2. The van der Waals surface area contributed by atoms with E-state index in [0.717, 1.165) is 28.0 Å². The third-order valence-electron chi connectivity index (χ3n) is 5.39. The minimum atomic E-state index is -0.550. The van der Waals surface area contributed by atoms with Gasteiger partial charge in [0.1, 0.15) is 17.5 Å². The molecule has 0 aliphatic carbocycles. The lowest BCUT2D eigenvalue weighted by Crippen LogP contribution is -2.65. The highest BCUT2D eigenvalue weighted by Crippen LogP contribution is 2.34. The number of amides is 2. The van der Waals surface area contributed by atoms with E-state index in [0.29, 0.717) is 13.1 Å². The van der Waals surface area contributed by atoms with E-state index >= 15 is 0 Å². The lowest BCUT2D eigenvalue weighted by atomic mass is 9.87. The van der Waals surface area contributed by atoms with Crippen molar-refractivity contribution in [3.05, 3.63) is 61.3 Å². The maximum Gasteiger partial charge on any atom is 0.322 e. The van der Waals surface area contributed by atoms with Crippen LogP contribution in [0, 0.1) is 11.3 Å². The summed E-state index contributed by atoms with van der Waals surface area (Å²) in [5, 5.41) is 17.7. The van der Waals surface area contributed by atoms with Crippen molar-refractivity contribution in [3.8, 4) is 17.3 Å². The van der Waals surface area contributed by atoms with E-state index in [1.807, 2.05) is 48.8 Å². The lowest BCUT2D eigenvalue weighted by Gasteiger charge is -2.48. The first-order valence-corrected chi connectivity index (χ1v) is 9.50. The molecule has 9 heteroatoms. The molecule has 2 N–H and O–H groups in total. The Labute approximate surface area is 172 Å². The van der Waals surface area contributed by atoms with Gasteiger partial charge in [-0.25, -0.2) is 14.8 Å². The molecule has 4 heterocycles. The van der Waals surface area contributed by atoms with Crippen LogP contribution in [-0.4, -0.2) is 48.8 Å². The van der Waals surface area contributed by atoms with Gasteiger partial charge >= 0.3 is 6.03 Å². The molecule has 0 spiro atoms. The van der Waals surface area contributed by atoms with Crippen LogP contribution in [0.2, 0.25) is 0 Å². The molecule has 4 aromatic rings. The van der Waals surface area contributed by atoms with E-state index in [4.69, 9.17) is 0 Å². The average Bonchev–Trinajstić information content (AvgIpc) is 3.40. The quantitative estimate of drug-likeness (QED) is 0.548. The molecule has 0 unspecified atom stereocenters. The van der Waals surface area contributed by atoms with Crippen molar-refractivity contribution in [3.63, 3.8) is 0 Å². The van der Waals surface area contributed by atoms with Crippen LogP contribution < -0.4 is 5.32 Å². The van der Waals surface area contributed by atoms with Crippen molar-refractivity contribution in [2.45, 2.75) is 12.0 Å². The molecular weight excluding hydrogens is 380 g/mol. The van der Waals surface area contributed by atoms with Gasteiger partial charge in [-0.05, 0) is 18.2 Å². The number of aromatic amines is 1. The summed E-state index contributed by atoms with van der Waals surface area (Å²) in [5.41, 5.74) is 2.56. The molecule has 1 aliphatic rings. The van der Waals surface area contributed by atoms with E-state index < -0.39 is 5.54 Å². The van der Waals surface area contributed by atoms with Crippen molar-refractivity contribution >= 4 is 22.8 Å². The van der Waals surface area contributed by atoms with E-state index in [1.165, 1.54) is 6.33 Å². The highest BCUT2D eigenvalue weighted by Gasteiger charge is 2.47. The second-order valence-electron chi connectivity index (χ2n) is 7.35. The summed E-state index contributed by atoms with van der Waals surface area (Å²) >= 11 is 0. The summed E-state index contributed by atoms with van der Waals surface area (Å²) in [6, 6.07) is 13.3. The third kappa shape index (κ3) is 2.95. The second-order valence-corrected chi connectivity index (χ2v) is 7.35. The van der Waals surface area contributed by atoms with Crippen LogP contribution in [0.4, 0.5) is 10.5 Å². The summed E-state index contributed by atoms with van der Waals surface area (Å²) in [6.07, 6.45) is 7.21. The number of benzene rings is 1. The van der Waals surface area contributed by atoms with Gasteiger partial charge in [-0.1, -0.05) is 18.2 Å². The summed E-state index contributed by atoms with van der Waals surface area (Å²) in [4.78, 5) is 25.9. The highest BCUT2D eigenvalue weighted by atomic mass is 16.2. The summed E-state index contributed by atoms with van der Waals surface area (Å²) < 4.78 is 1.79. The maximum atomic E-state index is 12.5. The Morgan fingerprint density at radius 2 is 2.07 bits per heavy atom. The first-order valence-electron chi connectivity index (χ1n) is 9.50. The topological polar surface area (TPSA) is 116 Å². The fourth-order valence-electron chi connectivity index (χ4n) is 3.82. The number of urea groups is 1. The number of hydrogen-bond acceptors (Lipinski definition) is 5. The minimum Gasteiger partial charge on any atom is -0.346 e. The minimum absolute atomic E-state index is 0.188. The van der Waals surface area contributed by atoms with Crippen LogP contribution in [0.15, 0.2) is 61.3 Å². The molecule has 0 saturated carbocycles. The number of para-hydroxylation sites is 1. The van der Waals surface area contributed by atoms with Gasteiger partial charge in [0.15, 0.2) is 0 Å². The molecule has 1 aliphatic heterocycles. The number of fused-ring (bicyclic) bond motifs is 1. The number of carbonyl (C=O) groups is 1. The average molecular weight is 398 g/mol. The summed E-state index contributed by atoms with van der Waals surface area (Å²) in [7, 11) is 0. The summed E-state index contributed by atoms with van der Waals surface area (Å²) in [5.74, 6) is 0. The van der Waals surface area contributed by atoms with E-state index in [-0.39, 0.29) is 12.5 Å². The largest absolute Gasteiger partial charge is 0.346 e. The molecule has 1 saturated heterocycles. The van der Waals surface area contributed by atoms with E-state index in [9.17, 15) is 10.1 Å². The first kappa shape index (κ1) is 17.9. The van der Waals surface area contributed by atoms with Crippen molar-refractivity contribution in [1.29, 1.82) is 5.26 Å². The predicted octanol–water partition coefficient (Wildman–Crippen LogP) is 2.98. The molecule has 0 atom stereocenters. The smallest absolute Gasteiger partial charge is 0.322 e. The SMILES string of the molecule is N#CCC1(n2cc(-c3ncnc4[nH]ccc34)cn2)CN(C(=O)Nc2ccccc2)C1. The normalized spacial score (nSPS) is 14.8. The van der Waals surface area contributed by atoms with E-state index in [1.54, 1.807) is 15.8 Å². The second kappa shape index (κ2) is 7.00. The highest BCUT2D eigenvalue weighted by molar-refractivity contribution is 5.91. The molecule has 3 aromatic heterocycles. The molecule has 1 fully saturated rings. The number of likely N-dealkylation sites (tertiary alicyclic amines) is 1. The van der Waals surface area contributed by atoms with Gasteiger partial charge in [-0.2, -0.15) is 10.4 Å². The van der Waals surface area contributed by atoms with Gasteiger partial charge in [-0.15, -0.1) is 0 Å². The summed E-state index contributed by atoms with van der Waals surface area (Å²) in [6.45, 7) is 0.813. The van der Waals surface area contributed by atoms with Crippen LogP contribution in [0.5, 0.6) is 0 Å². The van der Waals surface area contributed by atoms with Crippen LogP contribution in [0.1, 0.15) is 6.42 Å². The number of carbonyl (C=O) groups excluding carboxylic acids is 1. The zero-order valence-corrected chi connectivity index (χ0v) is 16.0. The molecule has 9 nitrogen and oxygen atoms in total. The molecule has 0 bridgehead atoms. The maximum absolute atomic E-state index is 12.5. The van der Waals surface area contributed by atoms with Gasteiger partial charge < -0.3 is 15.2 Å². The first-order chi connectivity index (χ1) is 14.7. The van der Waals surface area contributed by atoms with Gasteiger partial charge in [0.2, 0.25) is 0 Å². The number of rotatable bonds is 4. The predicted molar refractivity (Wildman–Crippen MR) is 110 cm³/mol. The Bertz CT molecular complexity index is 1250. The van der Waals surface area contributed by atoms with Gasteiger partial charge in [0.25, 0.3) is 0 Å². The van der Waals surface area contributed by atoms with Gasteiger partial charge in [0, 0.05) is 29.0 Å². The molecular formula is C21H18N8O. The Hall–Kier alpha value is -4.19. The molecule has 148 valence electrons. The van der Waals surface area contributed by atoms with E-state index in [2.05, 4.69) is 31.4 Å². The lowest BCUT2D eigenvalue weighted by molar-refractivity contribution is 0.0400. The molecule has 1 aromatic carbocycles. The zero-order valence-electron chi connectivity index (χ0n) is 16.0. The Kier molecular flexibility index (Phi) is 4.17. The van der Waals surface area contributed by atoms with Gasteiger partial charge in [-0.3, -0.25) is 4.68 Å². The molecule has 2 amide bonds. The Morgan fingerprint density at radius 1 is 1.23 bits per heavy atom. The number of nitrogens with one attached hydrogen (secondary N) is 2. The van der Waals surface area contributed by atoms with Crippen LogP contribution in [-0.2, 0) is 5.54 Å². The third-order valence-corrected chi connectivity index (χ3v) is 5.39. The molecule has 0 radical (unpaired) electrons. The van der Waals surface area contributed by atoms with Crippen molar-refractivity contribution in [2.75, 3.05) is 18.4 Å². The van der Waals surface area contributed by atoms with Crippen LogP contribution >= 0.6 is 0 Å². The van der Waals surface area contributed by atoms with Crippen LogP contribution in [0.3, 0.4) is 0 Å². The molecule has 30 heavy (non-hydrogen) atoms. The number of anilines is 1. The number of nitrogens with zero attached hydrogens (tertiary/aromatic N) is 6. The Morgan fingerprint density at radius 3 is 2.87 bits per heavy atom. The standard InChI is InChI=1S/C21H18N8O/c22-8-7-21(12-28(13-21)20(30)27-16-4-2-1-3-5-16)29-11-15(10-26-29)18-17-6-9-23-19(17)25-14-24-18/h1-6,9-11,14H,7,12-13H2,(H,27,30)(H,23,24,25). The molecule has 5 rings (SSSR count). The Balaban J connectivity index is 1.37. The van der Waals surface area contributed by atoms with Crippen molar-refractivity contribution in [2.24, 2.45) is 0 Å². The number of H-pyrrole nitrogens is 1. The zero-order chi connectivity index (χ0) is 20.6. The monoisotopic (exact) mass is 398 g/mol. The van der Waals surface area contributed by atoms with Crippen molar-refractivity contribution in [1.82, 2.24) is 29.6 Å². The number of aromatic nitrogens is 5.